The number of furan rings is 1. The fraction of sp³-hybridized carbons (Fsp3) is 0.733. The summed E-state index contributed by atoms with van der Waals surface area (Å²) in [6.45, 7) is 4.40. The van der Waals surface area contributed by atoms with Gasteiger partial charge in [0.2, 0.25) is 10.0 Å². The molecule has 2 unspecified atom stereocenters. The summed E-state index contributed by atoms with van der Waals surface area (Å²) in [6.07, 6.45) is 8.85. The van der Waals surface area contributed by atoms with Gasteiger partial charge >= 0.3 is 0 Å². The largest absolute Gasteiger partial charge is 0.472 e. The van der Waals surface area contributed by atoms with Crippen LogP contribution in [0.3, 0.4) is 0 Å². The van der Waals surface area contributed by atoms with Gasteiger partial charge in [-0.05, 0) is 44.2 Å². The Labute approximate surface area is 127 Å². The molecule has 1 aliphatic rings. The molecule has 0 saturated carbocycles. The summed E-state index contributed by atoms with van der Waals surface area (Å²) in [5.74, 6) is 0.401. The first-order valence-corrected chi connectivity index (χ1v) is 9.56. The molecule has 2 heterocycles. The second-order valence-electron chi connectivity index (χ2n) is 5.93. The maximum Gasteiger partial charge on any atom is 0.211 e. The van der Waals surface area contributed by atoms with Gasteiger partial charge in [-0.2, -0.15) is 0 Å². The lowest BCUT2D eigenvalue weighted by Crippen LogP contribution is -2.40. The molecular formula is C15H26N2O3S. The lowest BCUT2D eigenvalue weighted by atomic mass is 9.90. The summed E-state index contributed by atoms with van der Waals surface area (Å²) in [5, 5.41) is 3.54. The third-order valence-electron chi connectivity index (χ3n) is 4.11. The van der Waals surface area contributed by atoms with Crippen LogP contribution in [0.25, 0.3) is 0 Å². The molecule has 0 amide bonds. The molecule has 1 aliphatic heterocycles. The first kappa shape index (κ1) is 16.5. The highest BCUT2D eigenvalue weighted by atomic mass is 32.2. The lowest BCUT2D eigenvalue weighted by Gasteiger charge is -2.33. The van der Waals surface area contributed by atoms with E-state index in [1.807, 2.05) is 6.07 Å². The zero-order valence-corrected chi connectivity index (χ0v) is 13.7. The van der Waals surface area contributed by atoms with Gasteiger partial charge in [0.1, 0.15) is 0 Å². The highest BCUT2D eigenvalue weighted by molar-refractivity contribution is 7.88. The van der Waals surface area contributed by atoms with Crippen LogP contribution in [0.2, 0.25) is 0 Å². The predicted molar refractivity (Wildman–Crippen MR) is 83.5 cm³/mol. The molecule has 5 nitrogen and oxygen atoms in total. The van der Waals surface area contributed by atoms with E-state index in [1.54, 1.807) is 16.8 Å². The van der Waals surface area contributed by atoms with Gasteiger partial charge < -0.3 is 9.73 Å². The van der Waals surface area contributed by atoms with E-state index in [1.165, 1.54) is 6.26 Å². The summed E-state index contributed by atoms with van der Waals surface area (Å²) in [5.41, 5.74) is 1.15. The molecule has 120 valence electrons. The minimum absolute atomic E-state index is 0.244. The molecule has 0 aromatic carbocycles. The summed E-state index contributed by atoms with van der Waals surface area (Å²) in [6, 6.07) is 2.23. The van der Waals surface area contributed by atoms with Crippen LogP contribution in [0, 0.1) is 5.92 Å². The van der Waals surface area contributed by atoms with E-state index in [-0.39, 0.29) is 6.04 Å². The summed E-state index contributed by atoms with van der Waals surface area (Å²) in [7, 11) is -3.07. The number of hydrogen-bond acceptors (Lipinski definition) is 4. The molecule has 0 radical (unpaired) electrons. The molecule has 1 fully saturated rings. The van der Waals surface area contributed by atoms with Gasteiger partial charge in [0.05, 0.1) is 18.8 Å². The van der Waals surface area contributed by atoms with Crippen LogP contribution in [-0.2, 0) is 10.0 Å². The Balaban J connectivity index is 1.99. The molecule has 0 aliphatic carbocycles. The van der Waals surface area contributed by atoms with Crippen LogP contribution in [0.1, 0.15) is 44.2 Å². The zero-order valence-electron chi connectivity index (χ0n) is 12.9. The number of nitrogens with zero attached hydrogens (tertiary/aromatic N) is 1. The summed E-state index contributed by atoms with van der Waals surface area (Å²) in [4.78, 5) is 0. The average Bonchev–Trinajstić information content (AvgIpc) is 2.97. The zero-order chi connectivity index (χ0) is 15.3. The van der Waals surface area contributed by atoms with Crippen molar-refractivity contribution in [3.63, 3.8) is 0 Å². The Morgan fingerprint density at radius 3 is 2.95 bits per heavy atom. The molecule has 6 heteroatoms. The van der Waals surface area contributed by atoms with E-state index < -0.39 is 10.0 Å². The Morgan fingerprint density at radius 1 is 1.52 bits per heavy atom. The van der Waals surface area contributed by atoms with Crippen LogP contribution >= 0.6 is 0 Å². The minimum Gasteiger partial charge on any atom is -0.472 e. The Kier molecular flexibility index (Phi) is 5.84. The van der Waals surface area contributed by atoms with Crippen molar-refractivity contribution < 1.29 is 12.8 Å². The highest BCUT2D eigenvalue weighted by Gasteiger charge is 2.28. The quantitative estimate of drug-likeness (QED) is 0.839. The van der Waals surface area contributed by atoms with Gasteiger partial charge in [0.15, 0.2) is 0 Å². The third-order valence-corrected chi connectivity index (χ3v) is 5.38. The van der Waals surface area contributed by atoms with E-state index in [0.29, 0.717) is 19.0 Å². The van der Waals surface area contributed by atoms with Gasteiger partial charge in [0.25, 0.3) is 0 Å². The van der Waals surface area contributed by atoms with Crippen LogP contribution in [-0.4, -0.2) is 38.6 Å². The number of hydrogen-bond donors (Lipinski definition) is 1. The van der Waals surface area contributed by atoms with Gasteiger partial charge in [-0.1, -0.05) is 6.92 Å². The molecule has 1 aromatic rings. The molecule has 1 N–H and O–H groups in total. The number of piperidine rings is 1. The van der Waals surface area contributed by atoms with Crippen LogP contribution in [0.15, 0.2) is 23.0 Å². The topological polar surface area (TPSA) is 62.6 Å². The maximum atomic E-state index is 11.7. The molecule has 1 saturated heterocycles. The van der Waals surface area contributed by atoms with Crippen molar-refractivity contribution in [1.82, 2.24) is 9.62 Å². The molecule has 0 spiro atoms. The molecule has 2 rings (SSSR count). The summed E-state index contributed by atoms with van der Waals surface area (Å²) < 4.78 is 30.2. The van der Waals surface area contributed by atoms with Gasteiger partial charge in [-0.15, -0.1) is 0 Å². The third kappa shape index (κ3) is 4.83. The van der Waals surface area contributed by atoms with E-state index in [9.17, 15) is 8.42 Å². The van der Waals surface area contributed by atoms with Gasteiger partial charge in [-0.25, -0.2) is 12.7 Å². The average molecular weight is 314 g/mol. The first-order chi connectivity index (χ1) is 10.0. The Morgan fingerprint density at radius 2 is 2.33 bits per heavy atom. The first-order valence-electron chi connectivity index (χ1n) is 7.71. The Bertz CT molecular complexity index is 513. The number of rotatable bonds is 7. The van der Waals surface area contributed by atoms with Crippen LogP contribution in [0.4, 0.5) is 0 Å². The number of sulfonamides is 1. The Hall–Kier alpha value is -0.850. The smallest absolute Gasteiger partial charge is 0.211 e. The molecule has 2 atom stereocenters. The van der Waals surface area contributed by atoms with E-state index in [2.05, 4.69) is 12.2 Å². The molecular weight excluding hydrogens is 288 g/mol. The SMILES string of the molecule is CCCNC(CC1CCCN(S(C)(=O)=O)C1)c1ccoc1. The minimum atomic E-state index is -3.07. The molecule has 0 bridgehead atoms. The van der Waals surface area contributed by atoms with Crippen LogP contribution in [0.5, 0.6) is 0 Å². The van der Waals surface area contributed by atoms with Crippen molar-refractivity contribution in [2.75, 3.05) is 25.9 Å². The van der Waals surface area contributed by atoms with Crippen molar-refractivity contribution in [3.05, 3.63) is 24.2 Å². The second kappa shape index (κ2) is 7.42. The fourth-order valence-corrected chi connectivity index (χ4v) is 3.93. The summed E-state index contributed by atoms with van der Waals surface area (Å²) >= 11 is 0. The maximum absolute atomic E-state index is 11.7. The molecule has 21 heavy (non-hydrogen) atoms. The van der Waals surface area contributed by atoms with E-state index in [4.69, 9.17) is 4.42 Å². The van der Waals surface area contributed by atoms with Crippen molar-refractivity contribution in [3.8, 4) is 0 Å². The van der Waals surface area contributed by atoms with Crippen molar-refractivity contribution >= 4 is 10.0 Å². The van der Waals surface area contributed by atoms with Crippen molar-refractivity contribution in [2.45, 2.75) is 38.6 Å². The fourth-order valence-electron chi connectivity index (χ4n) is 2.98. The molecule has 1 aromatic heterocycles. The van der Waals surface area contributed by atoms with Gasteiger partial charge in [-0.3, -0.25) is 0 Å². The van der Waals surface area contributed by atoms with Crippen LogP contribution < -0.4 is 5.32 Å². The predicted octanol–water partition coefficient (Wildman–Crippen LogP) is 2.38. The van der Waals surface area contributed by atoms with E-state index >= 15 is 0 Å². The van der Waals surface area contributed by atoms with Crippen molar-refractivity contribution in [1.29, 1.82) is 0 Å². The van der Waals surface area contributed by atoms with Gasteiger partial charge in [0, 0.05) is 24.7 Å². The highest BCUT2D eigenvalue weighted by Crippen LogP contribution is 2.28. The standard InChI is InChI=1S/C15H26N2O3S/c1-3-7-16-15(14-6-9-20-12-14)10-13-5-4-8-17(11-13)21(2,18)19/h6,9,12-13,15-16H,3-5,7-8,10-11H2,1-2H3. The normalized spacial score (nSPS) is 22.3. The lowest BCUT2D eigenvalue weighted by molar-refractivity contribution is 0.238. The second-order valence-corrected chi connectivity index (χ2v) is 7.91. The number of nitrogens with one attached hydrogen (secondary N) is 1. The monoisotopic (exact) mass is 314 g/mol. The van der Waals surface area contributed by atoms with E-state index in [0.717, 1.165) is 37.8 Å². The van der Waals surface area contributed by atoms with Crippen molar-refractivity contribution in [2.24, 2.45) is 5.92 Å².